The quantitative estimate of drug-likeness (QED) is 0.589. The molecule has 0 saturated heterocycles. The van der Waals surface area contributed by atoms with Gasteiger partial charge in [0.1, 0.15) is 5.78 Å². The second-order valence-electron chi connectivity index (χ2n) is 3.58. The fraction of sp³-hybridized carbons (Fsp3) is 0.455. The summed E-state index contributed by atoms with van der Waals surface area (Å²) in [5.74, 6) is -1.09. The smallest absolute Gasteiger partial charge is 0.314 e. The van der Waals surface area contributed by atoms with E-state index in [9.17, 15) is 4.57 Å². The Kier molecular flexibility index (Phi) is 6.61. The molecule has 4 nitrogen and oxygen atoms in total. The van der Waals surface area contributed by atoms with Gasteiger partial charge < -0.3 is 14.8 Å². The molecule has 0 unspecified atom stereocenters. The molecule has 0 aliphatic carbocycles. The fourth-order valence-electron chi connectivity index (χ4n) is 1.53. The van der Waals surface area contributed by atoms with Crippen molar-refractivity contribution in [3.05, 3.63) is 32.8 Å². The van der Waals surface area contributed by atoms with Crippen molar-refractivity contribution in [3.8, 4) is 0 Å². The molecule has 0 saturated carbocycles. The number of halogens is 3. The molecule has 1 rings (SSSR count). The molecule has 0 amide bonds. The van der Waals surface area contributed by atoms with Crippen molar-refractivity contribution < 1.29 is 13.6 Å². The average Bonchev–Trinajstić information content (AvgIpc) is 2.35. The zero-order chi connectivity index (χ0) is 14.6. The first-order valence-corrected chi connectivity index (χ1v) is 8.39. The molecule has 0 bridgehead atoms. The van der Waals surface area contributed by atoms with Crippen LogP contribution in [-0.2, 0) is 13.6 Å². The molecule has 108 valence electrons. The molecule has 0 aliphatic rings. The summed E-state index contributed by atoms with van der Waals surface area (Å²) < 4.78 is 23.0. The van der Waals surface area contributed by atoms with Gasteiger partial charge in [-0.3, -0.25) is 4.57 Å². The van der Waals surface area contributed by atoms with Crippen molar-refractivity contribution in [2.45, 2.75) is 19.6 Å². The van der Waals surface area contributed by atoms with Crippen molar-refractivity contribution in [1.29, 1.82) is 0 Å². The first-order chi connectivity index (χ1) is 8.87. The van der Waals surface area contributed by atoms with Gasteiger partial charge in [-0.25, -0.2) is 0 Å². The Labute approximate surface area is 127 Å². The molecule has 0 spiro atoms. The minimum absolute atomic E-state index is 0.154. The first-order valence-electron chi connectivity index (χ1n) is 5.65. The molecule has 2 N–H and O–H groups in total. The Morgan fingerprint density at radius 2 is 1.63 bits per heavy atom. The summed E-state index contributed by atoms with van der Waals surface area (Å²) in [7, 11) is -3.56. The van der Waals surface area contributed by atoms with Gasteiger partial charge in [0.25, 0.3) is 0 Å². The van der Waals surface area contributed by atoms with Gasteiger partial charge in [0, 0.05) is 10.6 Å². The van der Waals surface area contributed by atoms with Crippen LogP contribution in [-0.4, -0.2) is 13.2 Å². The molecular formula is C11H15Cl3NO3P. The molecule has 1 atom stereocenters. The largest absolute Gasteiger partial charge is 0.351 e. The second kappa shape index (κ2) is 7.28. The van der Waals surface area contributed by atoms with Gasteiger partial charge in [-0.2, -0.15) is 0 Å². The summed E-state index contributed by atoms with van der Waals surface area (Å²) in [6.45, 7) is 3.78. The summed E-state index contributed by atoms with van der Waals surface area (Å²) in [5, 5.41) is 0.693. The van der Waals surface area contributed by atoms with E-state index in [0.29, 0.717) is 0 Å². The van der Waals surface area contributed by atoms with Crippen LogP contribution < -0.4 is 5.73 Å². The lowest BCUT2D eigenvalue weighted by Crippen LogP contribution is -2.16. The van der Waals surface area contributed by atoms with E-state index >= 15 is 0 Å². The van der Waals surface area contributed by atoms with Gasteiger partial charge in [0.05, 0.1) is 23.3 Å². The van der Waals surface area contributed by atoms with Crippen molar-refractivity contribution >= 4 is 42.4 Å². The van der Waals surface area contributed by atoms with Crippen molar-refractivity contribution in [3.63, 3.8) is 0 Å². The molecule has 0 fully saturated rings. The highest BCUT2D eigenvalue weighted by atomic mass is 35.5. The first kappa shape index (κ1) is 17.3. The van der Waals surface area contributed by atoms with E-state index in [2.05, 4.69) is 0 Å². The van der Waals surface area contributed by atoms with Gasteiger partial charge in [-0.1, -0.05) is 34.8 Å². The summed E-state index contributed by atoms with van der Waals surface area (Å²) >= 11 is 18.0. The SMILES string of the molecule is CCOP(=O)(OCC)[C@@H](N)c1c(Cl)ccc(Cl)c1Cl. The van der Waals surface area contributed by atoms with Gasteiger partial charge >= 0.3 is 7.60 Å². The van der Waals surface area contributed by atoms with E-state index in [-0.39, 0.29) is 33.8 Å². The topological polar surface area (TPSA) is 61.5 Å². The number of hydrogen-bond donors (Lipinski definition) is 1. The van der Waals surface area contributed by atoms with Crippen molar-refractivity contribution in [2.75, 3.05) is 13.2 Å². The van der Waals surface area contributed by atoms with Gasteiger partial charge in [-0.05, 0) is 26.0 Å². The standard InChI is InChI=1S/C11H15Cl3NO3P/c1-3-17-19(16,18-4-2)11(15)9-7(12)5-6-8(13)10(9)14/h5-6,11H,3-4,15H2,1-2H3/t11-/m1/s1. The third kappa shape index (κ3) is 3.85. The molecule has 0 heterocycles. The summed E-state index contributed by atoms with van der Waals surface area (Å²) in [5.41, 5.74) is 6.24. The highest BCUT2D eigenvalue weighted by Gasteiger charge is 2.36. The van der Waals surface area contributed by atoms with E-state index in [4.69, 9.17) is 49.6 Å². The monoisotopic (exact) mass is 345 g/mol. The summed E-state index contributed by atoms with van der Waals surface area (Å²) in [4.78, 5) is 0. The number of rotatable bonds is 6. The van der Waals surface area contributed by atoms with Crippen LogP contribution in [0.4, 0.5) is 0 Å². The summed E-state index contributed by atoms with van der Waals surface area (Å²) in [6, 6.07) is 3.07. The molecule has 8 heteroatoms. The van der Waals surface area contributed by atoms with Crippen LogP contribution >= 0.6 is 42.4 Å². The maximum Gasteiger partial charge on any atom is 0.351 e. The number of nitrogens with two attached hydrogens (primary N) is 1. The molecule has 1 aromatic rings. The normalized spacial score (nSPS) is 13.6. The lowest BCUT2D eigenvalue weighted by atomic mass is 10.2. The van der Waals surface area contributed by atoms with Crippen LogP contribution in [0.2, 0.25) is 15.1 Å². The van der Waals surface area contributed by atoms with Crippen LogP contribution in [0.1, 0.15) is 25.2 Å². The zero-order valence-electron chi connectivity index (χ0n) is 10.5. The maximum atomic E-state index is 12.6. The molecule has 0 radical (unpaired) electrons. The van der Waals surface area contributed by atoms with Crippen LogP contribution in [0, 0.1) is 0 Å². The lowest BCUT2D eigenvalue weighted by Gasteiger charge is -2.25. The maximum absolute atomic E-state index is 12.6. The predicted molar refractivity (Wildman–Crippen MR) is 79.3 cm³/mol. The van der Waals surface area contributed by atoms with E-state index in [1.807, 2.05) is 0 Å². The highest BCUT2D eigenvalue weighted by Crippen LogP contribution is 2.60. The van der Waals surface area contributed by atoms with Gasteiger partial charge in [-0.15, -0.1) is 0 Å². The molecule has 19 heavy (non-hydrogen) atoms. The Hall–Kier alpha value is 0.200. The minimum atomic E-state index is -3.56. The molecular weight excluding hydrogens is 331 g/mol. The third-order valence-corrected chi connectivity index (χ3v) is 5.66. The second-order valence-corrected chi connectivity index (χ2v) is 6.92. The van der Waals surface area contributed by atoms with Gasteiger partial charge in [0.15, 0.2) is 0 Å². The zero-order valence-corrected chi connectivity index (χ0v) is 13.7. The molecule has 0 aromatic heterocycles. The van der Waals surface area contributed by atoms with Crippen LogP contribution in [0.15, 0.2) is 12.1 Å². The highest BCUT2D eigenvalue weighted by molar-refractivity contribution is 7.54. The fourth-order valence-corrected chi connectivity index (χ4v) is 4.15. The van der Waals surface area contributed by atoms with E-state index in [1.54, 1.807) is 13.8 Å². The predicted octanol–water partition coefficient (Wildman–Crippen LogP) is 4.87. The van der Waals surface area contributed by atoms with Crippen molar-refractivity contribution in [1.82, 2.24) is 0 Å². The Balaban J connectivity index is 3.28. The Bertz CT molecular complexity index is 488. The number of hydrogen-bond acceptors (Lipinski definition) is 4. The van der Waals surface area contributed by atoms with E-state index in [0.717, 1.165) is 0 Å². The van der Waals surface area contributed by atoms with Crippen LogP contribution in [0.5, 0.6) is 0 Å². The summed E-state index contributed by atoms with van der Waals surface area (Å²) in [6.07, 6.45) is 0. The van der Waals surface area contributed by atoms with Gasteiger partial charge in [0.2, 0.25) is 0 Å². The van der Waals surface area contributed by atoms with E-state index in [1.165, 1.54) is 12.1 Å². The molecule has 0 aliphatic heterocycles. The third-order valence-electron chi connectivity index (χ3n) is 2.33. The lowest BCUT2D eigenvalue weighted by molar-refractivity contribution is 0.212. The average molecular weight is 347 g/mol. The Morgan fingerprint density at radius 1 is 1.16 bits per heavy atom. The van der Waals surface area contributed by atoms with Crippen LogP contribution in [0.25, 0.3) is 0 Å². The van der Waals surface area contributed by atoms with Crippen molar-refractivity contribution in [2.24, 2.45) is 5.73 Å². The Morgan fingerprint density at radius 3 is 2.11 bits per heavy atom. The van der Waals surface area contributed by atoms with Crippen LogP contribution in [0.3, 0.4) is 0 Å². The molecule has 1 aromatic carbocycles. The number of benzene rings is 1. The minimum Gasteiger partial charge on any atom is -0.314 e. The van der Waals surface area contributed by atoms with E-state index < -0.39 is 13.4 Å².